The molecule has 0 atom stereocenters. The first-order valence-corrected chi connectivity index (χ1v) is 8.24. The molecule has 3 aromatic rings. The van der Waals surface area contributed by atoms with Gasteiger partial charge in [0, 0.05) is 5.56 Å². The molecule has 134 valence electrons. The largest absolute Gasteiger partial charge is 0.508 e. The van der Waals surface area contributed by atoms with E-state index < -0.39 is 5.97 Å². The lowest BCUT2D eigenvalue weighted by molar-refractivity contribution is 0.0698. The zero-order chi connectivity index (χ0) is 19.2. The summed E-state index contributed by atoms with van der Waals surface area (Å²) < 4.78 is 0. The Balaban J connectivity index is 1.88. The second-order valence-corrected chi connectivity index (χ2v) is 5.86. The van der Waals surface area contributed by atoms with E-state index in [2.05, 4.69) is 5.32 Å². The zero-order valence-corrected chi connectivity index (χ0v) is 14.3. The molecule has 3 aromatic carbocycles. The number of hydrogen-bond donors (Lipinski definition) is 3. The maximum Gasteiger partial charge on any atom is 0.337 e. The van der Waals surface area contributed by atoms with Gasteiger partial charge in [0.05, 0.1) is 11.3 Å². The number of aromatic hydroxyl groups is 1. The van der Waals surface area contributed by atoms with E-state index in [1.165, 1.54) is 6.07 Å². The van der Waals surface area contributed by atoms with Crippen molar-refractivity contribution < 1.29 is 19.8 Å². The van der Waals surface area contributed by atoms with Gasteiger partial charge in [0.15, 0.2) is 0 Å². The van der Waals surface area contributed by atoms with Gasteiger partial charge in [-0.15, -0.1) is 0 Å². The molecule has 0 aliphatic carbocycles. The van der Waals surface area contributed by atoms with E-state index in [-0.39, 0.29) is 22.9 Å². The number of carbonyl (C=O) groups excluding carboxylic acids is 1. The summed E-state index contributed by atoms with van der Waals surface area (Å²) in [6.07, 6.45) is 3.57. The number of benzene rings is 3. The summed E-state index contributed by atoms with van der Waals surface area (Å²) in [5.41, 5.74) is 2.18. The molecular weight excluding hydrogens is 342 g/mol. The van der Waals surface area contributed by atoms with E-state index in [0.717, 1.165) is 5.56 Å². The van der Waals surface area contributed by atoms with Crippen molar-refractivity contribution in [2.75, 3.05) is 5.32 Å². The van der Waals surface area contributed by atoms with Crippen LogP contribution in [0.3, 0.4) is 0 Å². The van der Waals surface area contributed by atoms with Gasteiger partial charge in [0.25, 0.3) is 5.91 Å². The predicted molar refractivity (Wildman–Crippen MR) is 105 cm³/mol. The molecule has 0 aliphatic heterocycles. The van der Waals surface area contributed by atoms with Crippen LogP contribution in [0.2, 0.25) is 0 Å². The van der Waals surface area contributed by atoms with Crippen LogP contribution in [0.1, 0.15) is 31.8 Å². The third kappa shape index (κ3) is 4.61. The van der Waals surface area contributed by atoms with Crippen LogP contribution in [0.15, 0.2) is 72.8 Å². The fraction of sp³-hybridized carbons (Fsp3) is 0. The lowest BCUT2D eigenvalue weighted by Gasteiger charge is -2.10. The van der Waals surface area contributed by atoms with Crippen LogP contribution in [0.25, 0.3) is 12.2 Å². The normalized spacial score (nSPS) is 10.7. The van der Waals surface area contributed by atoms with Crippen LogP contribution in [-0.2, 0) is 0 Å². The van der Waals surface area contributed by atoms with Gasteiger partial charge in [-0.25, -0.2) is 4.79 Å². The molecular formula is C22H17NO4. The van der Waals surface area contributed by atoms with Gasteiger partial charge in [-0.1, -0.05) is 48.6 Å². The monoisotopic (exact) mass is 359 g/mol. The molecule has 0 aliphatic rings. The van der Waals surface area contributed by atoms with Gasteiger partial charge >= 0.3 is 5.97 Å². The van der Waals surface area contributed by atoms with Crippen LogP contribution in [0.5, 0.6) is 5.75 Å². The number of phenolic OH excluding ortho intramolecular Hbond substituents is 1. The van der Waals surface area contributed by atoms with Crippen molar-refractivity contribution in [1.29, 1.82) is 0 Å². The van der Waals surface area contributed by atoms with Crippen molar-refractivity contribution >= 4 is 29.7 Å². The third-order valence-corrected chi connectivity index (χ3v) is 3.90. The van der Waals surface area contributed by atoms with Crippen molar-refractivity contribution in [3.63, 3.8) is 0 Å². The Morgan fingerprint density at radius 3 is 2.19 bits per heavy atom. The highest BCUT2D eigenvalue weighted by atomic mass is 16.4. The molecule has 0 bridgehead atoms. The first-order chi connectivity index (χ1) is 13.0. The number of aromatic carboxylic acids is 1. The Morgan fingerprint density at radius 1 is 0.815 bits per heavy atom. The maximum atomic E-state index is 12.4. The van der Waals surface area contributed by atoms with Gasteiger partial charge in [0.2, 0.25) is 0 Å². The second-order valence-electron chi connectivity index (χ2n) is 5.86. The molecule has 3 N–H and O–H groups in total. The molecule has 0 unspecified atom stereocenters. The quantitative estimate of drug-likeness (QED) is 0.585. The van der Waals surface area contributed by atoms with Gasteiger partial charge in [0.1, 0.15) is 5.75 Å². The number of carboxylic acids is 1. The Labute approximate surface area is 156 Å². The van der Waals surface area contributed by atoms with Crippen molar-refractivity contribution in [3.8, 4) is 5.75 Å². The summed E-state index contributed by atoms with van der Waals surface area (Å²) in [5.74, 6) is -1.34. The van der Waals surface area contributed by atoms with Crippen LogP contribution in [0.4, 0.5) is 5.69 Å². The van der Waals surface area contributed by atoms with Crippen molar-refractivity contribution in [2.24, 2.45) is 0 Å². The minimum absolute atomic E-state index is 0.00814. The van der Waals surface area contributed by atoms with Gasteiger partial charge in [-0.3, -0.25) is 4.79 Å². The van der Waals surface area contributed by atoms with Crippen LogP contribution >= 0.6 is 0 Å². The number of carbonyl (C=O) groups is 2. The number of phenols is 1. The van der Waals surface area contributed by atoms with Crippen molar-refractivity contribution in [3.05, 3.63) is 95.1 Å². The molecule has 1 amide bonds. The Hall–Kier alpha value is -3.86. The van der Waals surface area contributed by atoms with E-state index in [1.54, 1.807) is 72.8 Å². The standard InChI is InChI=1S/C22H17NO4/c24-18-8-4-5-15(13-18)9-10-16-11-12-19(22(26)27)20(14-16)23-21(25)17-6-2-1-3-7-17/h1-14,24H,(H,23,25)(H,26,27)/b10-9+. The van der Waals surface area contributed by atoms with Crippen LogP contribution < -0.4 is 5.32 Å². The summed E-state index contributed by atoms with van der Waals surface area (Å²) in [7, 11) is 0. The topological polar surface area (TPSA) is 86.6 Å². The number of nitrogens with one attached hydrogen (secondary N) is 1. The number of rotatable bonds is 5. The number of hydrogen-bond acceptors (Lipinski definition) is 3. The van der Waals surface area contributed by atoms with Gasteiger partial charge in [-0.05, 0) is 47.5 Å². The Bertz CT molecular complexity index is 1010. The van der Waals surface area contributed by atoms with Crippen LogP contribution in [0, 0.1) is 0 Å². The summed E-state index contributed by atoms with van der Waals surface area (Å²) in [4.78, 5) is 23.8. The Morgan fingerprint density at radius 2 is 1.52 bits per heavy atom. The zero-order valence-electron chi connectivity index (χ0n) is 14.3. The highest BCUT2D eigenvalue weighted by Crippen LogP contribution is 2.21. The molecule has 0 aromatic heterocycles. The second kappa shape index (κ2) is 8.01. The average Bonchev–Trinajstić information content (AvgIpc) is 2.67. The number of amides is 1. The predicted octanol–water partition coefficient (Wildman–Crippen LogP) is 4.51. The molecule has 27 heavy (non-hydrogen) atoms. The molecule has 0 fully saturated rings. The maximum absolute atomic E-state index is 12.4. The minimum Gasteiger partial charge on any atom is -0.508 e. The van der Waals surface area contributed by atoms with Crippen molar-refractivity contribution in [2.45, 2.75) is 0 Å². The van der Waals surface area contributed by atoms with E-state index in [9.17, 15) is 19.8 Å². The highest BCUT2D eigenvalue weighted by Gasteiger charge is 2.13. The minimum atomic E-state index is -1.12. The first kappa shape index (κ1) is 17.9. The highest BCUT2D eigenvalue weighted by molar-refractivity contribution is 6.08. The molecule has 0 saturated carbocycles. The molecule has 5 heteroatoms. The third-order valence-electron chi connectivity index (χ3n) is 3.90. The SMILES string of the molecule is O=C(Nc1cc(/C=C/c2cccc(O)c2)ccc1C(=O)O)c1ccccc1. The number of carboxylic acid groups (broad SMARTS) is 1. The first-order valence-electron chi connectivity index (χ1n) is 8.24. The van der Waals surface area contributed by atoms with Gasteiger partial charge < -0.3 is 15.5 Å². The molecule has 0 spiro atoms. The lowest BCUT2D eigenvalue weighted by Crippen LogP contribution is -2.14. The van der Waals surface area contributed by atoms with E-state index >= 15 is 0 Å². The van der Waals surface area contributed by atoms with Gasteiger partial charge in [-0.2, -0.15) is 0 Å². The molecule has 3 rings (SSSR count). The molecule has 5 nitrogen and oxygen atoms in total. The Kier molecular flexibility index (Phi) is 5.33. The molecule has 0 radical (unpaired) electrons. The van der Waals surface area contributed by atoms with E-state index in [4.69, 9.17) is 0 Å². The smallest absolute Gasteiger partial charge is 0.337 e. The van der Waals surface area contributed by atoms with E-state index in [1.807, 2.05) is 6.07 Å². The number of anilines is 1. The molecule has 0 saturated heterocycles. The van der Waals surface area contributed by atoms with E-state index in [0.29, 0.717) is 11.1 Å². The fourth-order valence-corrected chi connectivity index (χ4v) is 2.56. The van der Waals surface area contributed by atoms with Crippen molar-refractivity contribution in [1.82, 2.24) is 0 Å². The fourth-order valence-electron chi connectivity index (χ4n) is 2.56. The summed E-state index contributed by atoms with van der Waals surface area (Å²) >= 11 is 0. The summed E-state index contributed by atoms with van der Waals surface area (Å²) in [6.45, 7) is 0. The summed E-state index contributed by atoms with van der Waals surface area (Å²) in [6, 6.07) is 20.0. The van der Waals surface area contributed by atoms with Crippen LogP contribution in [-0.4, -0.2) is 22.1 Å². The summed E-state index contributed by atoms with van der Waals surface area (Å²) in [5, 5.41) is 21.6. The molecule has 0 heterocycles. The lowest BCUT2D eigenvalue weighted by atomic mass is 10.1. The average molecular weight is 359 g/mol.